The highest BCUT2D eigenvalue weighted by atomic mass is 32.1. The van der Waals surface area contributed by atoms with Crippen molar-refractivity contribution in [3.05, 3.63) is 53.5 Å². The third-order valence-electron chi connectivity index (χ3n) is 4.08. The SMILES string of the molecule is CCCc1sc(C(=O)N2Cc3[nH]c(=O)[nH]c(=O)c3C2)cc1CC. The van der Waals surface area contributed by atoms with Crippen LogP contribution in [0.1, 0.15) is 51.6 Å². The van der Waals surface area contributed by atoms with Gasteiger partial charge in [-0.2, -0.15) is 0 Å². The molecule has 0 atom stereocenters. The number of hydrogen-bond acceptors (Lipinski definition) is 4. The molecule has 1 aliphatic rings. The third-order valence-corrected chi connectivity index (χ3v) is 5.31. The lowest BCUT2D eigenvalue weighted by Crippen LogP contribution is -2.26. The molecule has 0 unspecified atom stereocenters. The minimum Gasteiger partial charge on any atom is -0.328 e. The fourth-order valence-electron chi connectivity index (χ4n) is 2.91. The molecule has 0 fully saturated rings. The Hall–Kier alpha value is -2.15. The minimum absolute atomic E-state index is 0.0801. The second-order valence-electron chi connectivity index (χ2n) is 5.69. The molecule has 1 aliphatic heterocycles. The zero-order valence-corrected chi connectivity index (χ0v) is 14.0. The quantitative estimate of drug-likeness (QED) is 0.894. The molecule has 2 aromatic rings. The number of nitrogens with one attached hydrogen (secondary N) is 2. The molecule has 23 heavy (non-hydrogen) atoms. The van der Waals surface area contributed by atoms with Crippen LogP contribution in [-0.4, -0.2) is 20.8 Å². The number of fused-ring (bicyclic) bond motifs is 1. The largest absolute Gasteiger partial charge is 0.328 e. The van der Waals surface area contributed by atoms with Gasteiger partial charge in [-0.3, -0.25) is 14.6 Å². The zero-order chi connectivity index (χ0) is 16.6. The van der Waals surface area contributed by atoms with Crippen molar-refractivity contribution in [2.75, 3.05) is 0 Å². The molecule has 0 aliphatic carbocycles. The molecule has 3 rings (SSSR count). The lowest BCUT2D eigenvalue weighted by atomic mass is 10.1. The van der Waals surface area contributed by atoms with Crippen LogP contribution in [0.15, 0.2) is 15.7 Å². The molecule has 0 saturated carbocycles. The van der Waals surface area contributed by atoms with Crippen LogP contribution in [0, 0.1) is 0 Å². The Morgan fingerprint density at radius 1 is 1.26 bits per heavy atom. The van der Waals surface area contributed by atoms with E-state index in [-0.39, 0.29) is 19.0 Å². The lowest BCUT2D eigenvalue weighted by Gasteiger charge is -2.13. The first kappa shape index (κ1) is 15.7. The first-order chi connectivity index (χ1) is 11.0. The smallest absolute Gasteiger partial charge is 0.325 e. The zero-order valence-electron chi connectivity index (χ0n) is 13.2. The number of carbonyl (C=O) groups excluding carboxylic acids is 1. The van der Waals surface area contributed by atoms with E-state index >= 15 is 0 Å². The van der Waals surface area contributed by atoms with Gasteiger partial charge < -0.3 is 9.88 Å². The highest BCUT2D eigenvalue weighted by Gasteiger charge is 2.28. The first-order valence-corrected chi connectivity index (χ1v) is 8.60. The van der Waals surface area contributed by atoms with Crippen molar-refractivity contribution in [3.8, 4) is 0 Å². The Balaban J connectivity index is 1.87. The first-order valence-electron chi connectivity index (χ1n) is 7.78. The van der Waals surface area contributed by atoms with Gasteiger partial charge in [0.05, 0.1) is 23.5 Å². The summed E-state index contributed by atoms with van der Waals surface area (Å²) in [6, 6.07) is 1.97. The molecule has 0 aromatic carbocycles. The van der Waals surface area contributed by atoms with E-state index in [9.17, 15) is 14.4 Å². The van der Waals surface area contributed by atoms with Crippen LogP contribution < -0.4 is 11.2 Å². The van der Waals surface area contributed by atoms with E-state index in [0.29, 0.717) is 16.1 Å². The van der Waals surface area contributed by atoms with Crippen molar-refractivity contribution in [2.45, 2.75) is 46.2 Å². The van der Waals surface area contributed by atoms with Gasteiger partial charge in [0, 0.05) is 10.6 Å². The van der Waals surface area contributed by atoms with Crippen molar-refractivity contribution in [2.24, 2.45) is 0 Å². The molecule has 0 saturated heterocycles. The second-order valence-corrected chi connectivity index (χ2v) is 6.83. The molecule has 0 bridgehead atoms. The summed E-state index contributed by atoms with van der Waals surface area (Å²) in [5.41, 5.74) is 1.29. The summed E-state index contributed by atoms with van der Waals surface area (Å²) in [4.78, 5) is 44.3. The lowest BCUT2D eigenvalue weighted by molar-refractivity contribution is 0.0755. The molecule has 7 heteroatoms. The maximum absolute atomic E-state index is 12.7. The van der Waals surface area contributed by atoms with E-state index in [2.05, 4.69) is 23.8 Å². The topological polar surface area (TPSA) is 86.0 Å². The number of aryl methyl sites for hydroxylation is 2. The van der Waals surface area contributed by atoms with Crippen LogP contribution in [0.2, 0.25) is 0 Å². The number of hydrogen-bond donors (Lipinski definition) is 2. The summed E-state index contributed by atoms with van der Waals surface area (Å²) < 4.78 is 0. The van der Waals surface area contributed by atoms with Gasteiger partial charge in [-0.25, -0.2) is 4.79 Å². The normalized spacial score (nSPS) is 13.4. The van der Waals surface area contributed by atoms with Gasteiger partial charge >= 0.3 is 5.69 Å². The number of carbonyl (C=O) groups is 1. The predicted octanol–water partition coefficient (Wildman–Crippen LogP) is 1.80. The van der Waals surface area contributed by atoms with Crippen LogP contribution in [-0.2, 0) is 25.9 Å². The molecular weight excluding hydrogens is 314 g/mol. The molecule has 1 amide bonds. The molecule has 6 nitrogen and oxygen atoms in total. The molecule has 3 heterocycles. The van der Waals surface area contributed by atoms with Gasteiger partial charge in [-0.15, -0.1) is 11.3 Å². The number of amides is 1. The average Bonchev–Trinajstić information content (AvgIpc) is 3.11. The van der Waals surface area contributed by atoms with Gasteiger partial charge in [-0.1, -0.05) is 20.3 Å². The van der Waals surface area contributed by atoms with Crippen molar-refractivity contribution in [3.63, 3.8) is 0 Å². The maximum atomic E-state index is 12.7. The van der Waals surface area contributed by atoms with Crippen LogP contribution in [0.25, 0.3) is 0 Å². The Kier molecular flexibility index (Phi) is 4.21. The Morgan fingerprint density at radius 2 is 2.04 bits per heavy atom. The summed E-state index contributed by atoms with van der Waals surface area (Å²) in [6.45, 7) is 4.73. The van der Waals surface area contributed by atoms with Crippen LogP contribution in [0.4, 0.5) is 0 Å². The number of aromatic nitrogens is 2. The fourth-order valence-corrected chi connectivity index (χ4v) is 4.23. The Morgan fingerprint density at radius 3 is 2.74 bits per heavy atom. The van der Waals surface area contributed by atoms with Gasteiger partial charge in [0.25, 0.3) is 11.5 Å². The summed E-state index contributed by atoms with van der Waals surface area (Å²) >= 11 is 1.54. The third kappa shape index (κ3) is 2.88. The highest BCUT2D eigenvalue weighted by molar-refractivity contribution is 7.14. The predicted molar refractivity (Wildman–Crippen MR) is 89.0 cm³/mol. The number of rotatable bonds is 4. The van der Waals surface area contributed by atoms with Crippen molar-refractivity contribution in [1.82, 2.24) is 14.9 Å². The van der Waals surface area contributed by atoms with Gasteiger partial charge in [0.1, 0.15) is 0 Å². The van der Waals surface area contributed by atoms with Crippen LogP contribution in [0.5, 0.6) is 0 Å². The monoisotopic (exact) mass is 333 g/mol. The highest BCUT2D eigenvalue weighted by Crippen LogP contribution is 2.28. The summed E-state index contributed by atoms with van der Waals surface area (Å²) in [5.74, 6) is -0.0801. The van der Waals surface area contributed by atoms with Crippen molar-refractivity contribution >= 4 is 17.2 Å². The number of H-pyrrole nitrogens is 2. The van der Waals surface area contributed by atoms with Crippen molar-refractivity contribution < 1.29 is 4.79 Å². The van der Waals surface area contributed by atoms with E-state index in [1.807, 2.05) is 6.07 Å². The van der Waals surface area contributed by atoms with Crippen LogP contribution in [0.3, 0.4) is 0 Å². The number of aromatic amines is 2. The standard InChI is InChI=1S/C16H19N3O3S/c1-3-5-12-9(4-2)6-13(23-12)15(21)19-7-10-11(8-19)17-16(22)18-14(10)20/h6H,3-5,7-8H2,1-2H3,(H2,17,18,20,22). The van der Waals surface area contributed by atoms with Gasteiger partial charge in [0.15, 0.2) is 0 Å². The molecule has 0 spiro atoms. The van der Waals surface area contributed by atoms with E-state index in [0.717, 1.165) is 19.3 Å². The maximum Gasteiger partial charge on any atom is 0.325 e. The van der Waals surface area contributed by atoms with Crippen molar-refractivity contribution in [1.29, 1.82) is 0 Å². The van der Waals surface area contributed by atoms with Gasteiger partial charge in [-0.05, 0) is 24.5 Å². The molecule has 2 aromatic heterocycles. The van der Waals surface area contributed by atoms with E-state index in [1.54, 1.807) is 16.2 Å². The number of thiophene rings is 1. The second kappa shape index (κ2) is 6.16. The number of nitrogens with zero attached hydrogens (tertiary/aromatic N) is 1. The fraction of sp³-hybridized carbons (Fsp3) is 0.438. The minimum atomic E-state index is -0.530. The van der Waals surface area contributed by atoms with E-state index < -0.39 is 11.2 Å². The molecule has 0 radical (unpaired) electrons. The van der Waals surface area contributed by atoms with E-state index in [1.165, 1.54) is 10.4 Å². The molecular formula is C16H19N3O3S. The summed E-state index contributed by atoms with van der Waals surface area (Å²) in [5, 5.41) is 0. The molecule has 2 N–H and O–H groups in total. The van der Waals surface area contributed by atoms with Gasteiger partial charge in [0.2, 0.25) is 0 Å². The van der Waals surface area contributed by atoms with Crippen LogP contribution >= 0.6 is 11.3 Å². The summed E-state index contributed by atoms with van der Waals surface area (Å²) in [6.07, 6.45) is 2.94. The van der Waals surface area contributed by atoms with E-state index in [4.69, 9.17) is 0 Å². The average molecular weight is 333 g/mol. The Bertz CT molecular complexity index is 862. The molecule has 122 valence electrons. The Labute approximate surface area is 137 Å². The summed E-state index contributed by atoms with van der Waals surface area (Å²) in [7, 11) is 0.